The van der Waals surface area contributed by atoms with Crippen LogP contribution in [-0.4, -0.2) is 33.7 Å². The van der Waals surface area contributed by atoms with E-state index in [0.29, 0.717) is 22.7 Å². The number of aromatic nitrogens is 2. The third-order valence-corrected chi connectivity index (χ3v) is 3.27. The van der Waals surface area contributed by atoms with Gasteiger partial charge in [0.15, 0.2) is 0 Å². The largest absolute Gasteiger partial charge is 0.490 e. The number of nitrogens with zero attached hydrogens (tertiary/aromatic N) is 2. The molecule has 0 spiro atoms. The molecule has 2 rings (SSSR count). The molecule has 7 heteroatoms. The first-order valence-corrected chi connectivity index (χ1v) is 7.45. The van der Waals surface area contributed by atoms with Crippen molar-refractivity contribution in [3.8, 4) is 5.75 Å². The Bertz CT molecular complexity index is 744. The zero-order valence-electron chi connectivity index (χ0n) is 14.0. The first-order valence-electron chi connectivity index (χ1n) is 7.45. The van der Waals surface area contributed by atoms with Crippen LogP contribution in [-0.2, 0) is 0 Å². The monoisotopic (exact) mass is 327 g/mol. The van der Waals surface area contributed by atoms with Crippen molar-refractivity contribution >= 4 is 17.3 Å². The van der Waals surface area contributed by atoms with E-state index < -0.39 is 5.54 Å². The average Bonchev–Trinajstić information content (AvgIpc) is 2.53. The number of nitrogens with one attached hydrogen (secondary N) is 2. The van der Waals surface area contributed by atoms with Crippen molar-refractivity contribution in [1.82, 2.24) is 15.3 Å². The van der Waals surface area contributed by atoms with Crippen LogP contribution in [0.3, 0.4) is 0 Å². The van der Waals surface area contributed by atoms with E-state index in [0.717, 1.165) is 0 Å². The van der Waals surface area contributed by atoms with Gasteiger partial charge in [-0.15, -0.1) is 0 Å². The summed E-state index contributed by atoms with van der Waals surface area (Å²) in [6.07, 6.45) is 4.37. The molecule has 0 atom stereocenters. The Morgan fingerprint density at radius 3 is 2.75 bits per heavy atom. The van der Waals surface area contributed by atoms with E-state index in [1.54, 1.807) is 25.1 Å². The number of anilines is 1. The second-order valence-electron chi connectivity index (χ2n) is 6.06. The number of rotatable bonds is 6. The topological polar surface area (TPSA) is 114 Å². The second-order valence-corrected chi connectivity index (χ2v) is 6.06. The fourth-order valence-electron chi connectivity index (χ4n) is 2.15. The van der Waals surface area contributed by atoms with E-state index in [-0.39, 0.29) is 18.2 Å². The number of benzene rings is 1. The highest BCUT2D eigenvalue weighted by Gasteiger charge is 2.24. The number of hydrogen-bond donors (Lipinski definition) is 3. The Morgan fingerprint density at radius 1 is 1.38 bits per heavy atom. The predicted molar refractivity (Wildman–Crippen MR) is 92.4 cm³/mol. The molecule has 0 bridgehead atoms. The quantitative estimate of drug-likeness (QED) is 0.555. The summed E-state index contributed by atoms with van der Waals surface area (Å²) < 4.78 is 5.81. The molecule has 1 aromatic carbocycles. The molecule has 0 aliphatic heterocycles. The van der Waals surface area contributed by atoms with E-state index in [4.69, 9.17) is 15.9 Å². The third kappa shape index (κ3) is 4.28. The van der Waals surface area contributed by atoms with Gasteiger partial charge < -0.3 is 21.2 Å². The first-order chi connectivity index (χ1) is 11.3. The van der Waals surface area contributed by atoms with E-state index >= 15 is 0 Å². The molecule has 0 aliphatic carbocycles. The van der Waals surface area contributed by atoms with Crippen molar-refractivity contribution in [2.24, 2.45) is 0 Å². The summed E-state index contributed by atoms with van der Waals surface area (Å²) in [5.74, 6) is 0.192. The number of nitrogen functional groups attached to an aromatic ring is 1. The van der Waals surface area contributed by atoms with Gasteiger partial charge in [-0.05, 0) is 32.9 Å². The van der Waals surface area contributed by atoms with Crippen molar-refractivity contribution < 1.29 is 9.53 Å². The molecule has 0 fully saturated rings. The van der Waals surface area contributed by atoms with E-state index in [2.05, 4.69) is 15.3 Å². The fraction of sp³-hybridized carbons (Fsp3) is 0.294. The van der Waals surface area contributed by atoms with Gasteiger partial charge in [-0.2, -0.15) is 0 Å². The summed E-state index contributed by atoms with van der Waals surface area (Å²) in [5.41, 5.74) is 6.88. The maximum Gasteiger partial charge on any atom is 0.272 e. The molecule has 1 heterocycles. The lowest BCUT2D eigenvalue weighted by Crippen LogP contribution is -2.48. The summed E-state index contributed by atoms with van der Waals surface area (Å²) in [7, 11) is 0. The molecule has 0 saturated carbocycles. The highest BCUT2D eigenvalue weighted by Crippen LogP contribution is 2.25. The number of amides is 1. The highest BCUT2D eigenvalue weighted by molar-refractivity contribution is 6.03. The van der Waals surface area contributed by atoms with Crippen LogP contribution in [0.1, 0.15) is 36.8 Å². The fourth-order valence-corrected chi connectivity index (χ4v) is 2.15. The van der Waals surface area contributed by atoms with Crippen molar-refractivity contribution in [3.63, 3.8) is 0 Å². The molecule has 7 nitrogen and oxygen atoms in total. The predicted octanol–water partition coefficient (Wildman–Crippen LogP) is 2.03. The highest BCUT2D eigenvalue weighted by atomic mass is 16.5. The van der Waals surface area contributed by atoms with Gasteiger partial charge in [0.1, 0.15) is 18.1 Å². The molecular formula is C17H21N5O2. The van der Waals surface area contributed by atoms with Crippen molar-refractivity contribution in [1.29, 1.82) is 5.41 Å². The SMILES string of the molecule is CC(=N)c1c(N)cccc1OCC(C)(C)NC(=O)c1cnccn1. The number of carbonyl (C=O) groups excluding carboxylic acids is 1. The van der Waals surface area contributed by atoms with E-state index in [1.807, 2.05) is 13.8 Å². The van der Waals surface area contributed by atoms with Crippen molar-refractivity contribution in [2.75, 3.05) is 12.3 Å². The van der Waals surface area contributed by atoms with Gasteiger partial charge in [0, 0.05) is 23.8 Å². The van der Waals surface area contributed by atoms with Crippen LogP contribution in [0.5, 0.6) is 5.75 Å². The van der Waals surface area contributed by atoms with E-state index in [9.17, 15) is 4.79 Å². The van der Waals surface area contributed by atoms with Gasteiger partial charge in [0.25, 0.3) is 5.91 Å². The number of hydrogen-bond acceptors (Lipinski definition) is 6. The van der Waals surface area contributed by atoms with Gasteiger partial charge in [-0.25, -0.2) is 4.98 Å². The molecule has 24 heavy (non-hydrogen) atoms. The van der Waals surface area contributed by atoms with Gasteiger partial charge in [0.05, 0.1) is 17.3 Å². The lowest BCUT2D eigenvalue weighted by molar-refractivity contribution is 0.0875. The average molecular weight is 327 g/mol. The summed E-state index contributed by atoms with van der Waals surface area (Å²) in [6.45, 7) is 5.54. The normalized spacial score (nSPS) is 11.0. The maximum atomic E-state index is 12.2. The molecule has 0 unspecified atom stereocenters. The lowest BCUT2D eigenvalue weighted by atomic mass is 10.1. The summed E-state index contributed by atoms with van der Waals surface area (Å²) >= 11 is 0. The Balaban J connectivity index is 2.07. The number of ether oxygens (including phenoxy) is 1. The molecule has 0 radical (unpaired) electrons. The molecule has 2 aromatic rings. The minimum Gasteiger partial charge on any atom is -0.490 e. The second kappa shape index (κ2) is 7.08. The van der Waals surface area contributed by atoms with Gasteiger partial charge in [0.2, 0.25) is 0 Å². The van der Waals surface area contributed by atoms with Crippen LogP contribution in [0.25, 0.3) is 0 Å². The van der Waals surface area contributed by atoms with Gasteiger partial charge in [-0.3, -0.25) is 9.78 Å². The van der Waals surface area contributed by atoms with E-state index in [1.165, 1.54) is 18.6 Å². The van der Waals surface area contributed by atoms with Crippen LogP contribution < -0.4 is 15.8 Å². The zero-order chi connectivity index (χ0) is 17.7. The third-order valence-electron chi connectivity index (χ3n) is 3.27. The first kappa shape index (κ1) is 17.4. The Labute approximate surface area is 140 Å². The van der Waals surface area contributed by atoms with Crippen molar-refractivity contribution in [3.05, 3.63) is 48.0 Å². The zero-order valence-corrected chi connectivity index (χ0v) is 14.0. The minimum absolute atomic E-state index is 0.211. The molecule has 0 saturated heterocycles. The summed E-state index contributed by atoms with van der Waals surface area (Å²) in [5, 5.41) is 10.7. The summed E-state index contributed by atoms with van der Waals surface area (Å²) in [6, 6.07) is 5.24. The van der Waals surface area contributed by atoms with Crippen molar-refractivity contribution in [2.45, 2.75) is 26.3 Å². The van der Waals surface area contributed by atoms with Crippen LogP contribution in [0.4, 0.5) is 5.69 Å². The Morgan fingerprint density at radius 2 is 2.12 bits per heavy atom. The number of nitrogens with two attached hydrogens (primary N) is 1. The standard InChI is InChI=1S/C17H21N5O2/c1-11(18)15-12(19)5-4-6-14(15)24-10-17(2,3)22-16(23)13-9-20-7-8-21-13/h4-9,18H,10,19H2,1-3H3,(H,22,23). The number of carbonyl (C=O) groups is 1. The Kier molecular flexibility index (Phi) is 5.13. The van der Waals surface area contributed by atoms with Crippen LogP contribution in [0.2, 0.25) is 0 Å². The lowest BCUT2D eigenvalue weighted by Gasteiger charge is -2.26. The molecule has 1 amide bonds. The van der Waals surface area contributed by atoms with Gasteiger partial charge >= 0.3 is 0 Å². The smallest absolute Gasteiger partial charge is 0.272 e. The molecule has 126 valence electrons. The minimum atomic E-state index is -0.646. The van der Waals surface area contributed by atoms with Crippen LogP contribution in [0.15, 0.2) is 36.8 Å². The summed E-state index contributed by atoms with van der Waals surface area (Å²) in [4.78, 5) is 20.0. The molecular weight excluding hydrogens is 306 g/mol. The molecule has 0 aliphatic rings. The van der Waals surface area contributed by atoms with Gasteiger partial charge in [-0.1, -0.05) is 6.07 Å². The van der Waals surface area contributed by atoms with Crippen LogP contribution >= 0.6 is 0 Å². The van der Waals surface area contributed by atoms with Crippen LogP contribution in [0, 0.1) is 5.41 Å². The molecule has 1 aromatic heterocycles. The Hall–Kier alpha value is -2.96. The maximum absolute atomic E-state index is 12.2. The molecule has 4 N–H and O–H groups in total.